The largest absolute Gasteiger partial charge is 0.457 e. The van der Waals surface area contributed by atoms with Gasteiger partial charge in [-0.05, 0) is 48.0 Å². The Bertz CT molecular complexity index is 1030. The van der Waals surface area contributed by atoms with E-state index in [1.807, 2.05) is 6.07 Å². The van der Waals surface area contributed by atoms with Crippen LogP contribution in [0.4, 0.5) is 0 Å². The fraction of sp³-hybridized carbons (Fsp3) is 0. The summed E-state index contributed by atoms with van der Waals surface area (Å²) < 4.78 is 15.8. The lowest BCUT2D eigenvalue weighted by Gasteiger charge is -2.04. The van der Waals surface area contributed by atoms with Crippen molar-refractivity contribution in [1.82, 2.24) is 0 Å². The number of esters is 1. The second-order valence-corrected chi connectivity index (χ2v) is 5.96. The zero-order chi connectivity index (χ0) is 18.1. The molecule has 0 spiro atoms. The van der Waals surface area contributed by atoms with Crippen LogP contribution in [0.25, 0.3) is 6.08 Å². The van der Waals surface area contributed by atoms with Gasteiger partial charge in [0, 0.05) is 11.1 Å². The Balaban J connectivity index is 1.58. The minimum absolute atomic E-state index is 0.0871. The number of furan rings is 1. The van der Waals surface area contributed by atoms with Crippen LogP contribution in [0.1, 0.15) is 26.5 Å². The van der Waals surface area contributed by atoms with Crippen LogP contribution in [0, 0.1) is 0 Å². The third-order valence-electron chi connectivity index (χ3n) is 3.72. The summed E-state index contributed by atoms with van der Waals surface area (Å²) in [5, 5.41) is 0.564. The van der Waals surface area contributed by atoms with Crippen LogP contribution in [0.2, 0.25) is 5.02 Å². The van der Waals surface area contributed by atoms with E-state index in [2.05, 4.69) is 0 Å². The lowest BCUT2D eigenvalue weighted by atomic mass is 10.1. The molecule has 0 N–H and O–H groups in total. The summed E-state index contributed by atoms with van der Waals surface area (Å²) in [5.74, 6) is -0.0337. The van der Waals surface area contributed by atoms with E-state index in [0.29, 0.717) is 16.3 Å². The maximum atomic E-state index is 12.5. The standard InChI is InChI=1S/C20H11ClO5/c21-13-4-1-3-12(9-13)10-18-19(22)15-7-6-14(11-17(15)26-18)25-20(23)16-5-2-8-24-16/h1-11H. The molecule has 0 unspecified atom stereocenters. The molecular formula is C20H11ClO5. The van der Waals surface area contributed by atoms with Crippen molar-refractivity contribution in [3.05, 3.63) is 88.5 Å². The first kappa shape index (κ1) is 16.2. The van der Waals surface area contributed by atoms with E-state index in [1.165, 1.54) is 24.5 Å². The monoisotopic (exact) mass is 366 g/mol. The van der Waals surface area contributed by atoms with Gasteiger partial charge >= 0.3 is 5.97 Å². The number of Topliss-reactive ketones (excluding diaryl/α,β-unsaturated/α-hetero) is 1. The lowest BCUT2D eigenvalue weighted by Crippen LogP contribution is -2.07. The summed E-state index contributed by atoms with van der Waals surface area (Å²) in [7, 11) is 0. The molecule has 1 aliphatic rings. The van der Waals surface area contributed by atoms with Gasteiger partial charge in [0.05, 0.1) is 11.8 Å². The topological polar surface area (TPSA) is 65.7 Å². The third kappa shape index (κ3) is 3.12. The molecule has 0 saturated heterocycles. The van der Waals surface area contributed by atoms with Gasteiger partial charge in [0.25, 0.3) is 0 Å². The number of rotatable bonds is 3. The summed E-state index contributed by atoms with van der Waals surface area (Å²) in [6.07, 6.45) is 3.00. The average molecular weight is 367 g/mol. The molecule has 1 aromatic heterocycles. The number of carbonyl (C=O) groups excluding carboxylic acids is 2. The maximum Gasteiger partial charge on any atom is 0.379 e. The van der Waals surface area contributed by atoms with E-state index in [1.54, 1.807) is 36.4 Å². The highest BCUT2D eigenvalue weighted by Crippen LogP contribution is 2.35. The summed E-state index contributed by atoms with van der Waals surface area (Å²) >= 11 is 5.96. The Morgan fingerprint density at radius 2 is 1.96 bits per heavy atom. The molecule has 3 aromatic rings. The van der Waals surface area contributed by atoms with Crippen molar-refractivity contribution < 1.29 is 23.5 Å². The first-order valence-electron chi connectivity index (χ1n) is 7.70. The van der Waals surface area contributed by atoms with Gasteiger partial charge < -0.3 is 13.9 Å². The minimum atomic E-state index is -0.631. The van der Waals surface area contributed by atoms with Crippen LogP contribution < -0.4 is 9.47 Å². The van der Waals surface area contributed by atoms with Gasteiger partial charge in [-0.3, -0.25) is 4.79 Å². The molecule has 5 nitrogen and oxygen atoms in total. The first-order valence-corrected chi connectivity index (χ1v) is 8.07. The molecule has 0 radical (unpaired) electrons. The quantitative estimate of drug-likeness (QED) is 0.379. The van der Waals surface area contributed by atoms with Crippen molar-refractivity contribution in [3.63, 3.8) is 0 Å². The molecule has 1 aliphatic heterocycles. The molecule has 0 atom stereocenters. The van der Waals surface area contributed by atoms with Gasteiger partial charge in [-0.15, -0.1) is 0 Å². The first-order chi connectivity index (χ1) is 12.6. The van der Waals surface area contributed by atoms with E-state index in [0.717, 1.165) is 5.56 Å². The number of halogens is 1. The smallest absolute Gasteiger partial charge is 0.379 e. The average Bonchev–Trinajstić information content (AvgIpc) is 3.24. The highest BCUT2D eigenvalue weighted by molar-refractivity contribution is 6.30. The van der Waals surface area contributed by atoms with Crippen LogP contribution in [0.3, 0.4) is 0 Å². The molecule has 26 heavy (non-hydrogen) atoms. The number of fused-ring (bicyclic) bond motifs is 1. The predicted octanol–water partition coefficient (Wildman–Crippen LogP) is 4.77. The van der Waals surface area contributed by atoms with Crippen molar-refractivity contribution in [1.29, 1.82) is 0 Å². The van der Waals surface area contributed by atoms with E-state index in [-0.39, 0.29) is 23.1 Å². The van der Waals surface area contributed by atoms with E-state index in [4.69, 9.17) is 25.5 Å². The van der Waals surface area contributed by atoms with Gasteiger partial charge in [-0.1, -0.05) is 23.7 Å². The number of allylic oxidation sites excluding steroid dienone is 1. The fourth-order valence-electron chi connectivity index (χ4n) is 2.53. The number of hydrogen-bond donors (Lipinski definition) is 0. The van der Waals surface area contributed by atoms with Crippen molar-refractivity contribution >= 4 is 29.4 Å². The van der Waals surface area contributed by atoms with Crippen molar-refractivity contribution in [2.75, 3.05) is 0 Å². The summed E-state index contributed by atoms with van der Waals surface area (Å²) in [4.78, 5) is 24.4. The molecule has 0 aliphatic carbocycles. The normalized spacial score (nSPS) is 14.2. The minimum Gasteiger partial charge on any atom is -0.457 e. The van der Waals surface area contributed by atoms with Gasteiger partial charge in [0.1, 0.15) is 11.5 Å². The Morgan fingerprint density at radius 3 is 2.73 bits per heavy atom. The molecule has 6 heteroatoms. The van der Waals surface area contributed by atoms with E-state index in [9.17, 15) is 9.59 Å². The number of hydrogen-bond acceptors (Lipinski definition) is 5. The van der Waals surface area contributed by atoms with Crippen LogP contribution in [-0.4, -0.2) is 11.8 Å². The van der Waals surface area contributed by atoms with Gasteiger partial charge in [-0.25, -0.2) is 4.79 Å². The van der Waals surface area contributed by atoms with Crippen LogP contribution in [0.15, 0.2) is 71.0 Å². The Morgan fingerprint density at radius 1 is 1.08 bits per heavy atom. The Kier molecular flexibility index (Phi) is 4.07. The highest BCUT2D eigenvalue weighted by Gasteiger charge is 2.28. The molecule has 0 amide bonds. The number of benzene rings is 2. The number of carbonyl (C=O) groups is 2. The Labute approximate surface area is 153 Å². The van der Waals surface area contributed by atoms with E-state index >= 15 is 0 Å². The molecule has 0 fully saturated rings. The van der Waals surface area contributed by atoms with Gasteiger partial charge in [0.2, 0.25) is 11.5 Å². The van der Waals surface area contributed by atoms with Crippen LogP contribution >= 0.6 is 11.6 Å². The highest BCUT2D eigenvalue weighted by atomic mass is 35.5. The number of ketones is 1. The maximum absolute atomic E-state index is 12.5. The van der Waals surface area contributed by atoms with Crippen LogP contribution in [0.5, 0.6) is 11.5 Å². The summed E-state index contributed by atoms with van der Waals surface area (Å²) in [6.45, 7) is 0. The number of ether oxygens (including phenoxy) is 2. The molecule has 2 heterocycles. The zero-order valence-electron chi connectivity index (χ0n) is 13.3. The predicted molar refractivity (Wildman–Crippen MR) is 94.5 cm³/mol. The third-order valence-corrected chi connectivity index (χ3v) is 3.96. The lowest BCUT2D eigenvalue weighted by molar-refractivity contribution is 0.0701. The van der Waals surface area contributed by atoms with Crippen molar-refractivity contribution in [2.24, 2.45) is 0 Å². The van der Waals surface area contributed by atoms with Crippen molar-refractivity contribution in [2.45, 2.75) is 0 Å². The summed E-state index contributed by atoms with van der Waals surface area (Å²) in [6, 6.07) is 14.7. The van der Waals surface area contributed by atoms with Gasteiger partial charge in [-0.2, -0.15) is 0 Å². The van der Waals surface area contributed by atoms with Gasteiger partial charge in [0.15, 0.2) is 5.76 Å². The second kappa shape index (κ2) is 6.54. The molecule has 0 saturated carbocycles. The molecule has 4 rings (SSSR count). The SMILES string of the molecule is O=C(Oc1ccc2c(c1)OC(=Cc1cccc(Cl)c1)C2=O)c1ccco1. The molecule has 0 bridgehead atoms. The molecule has 128 valence electrons. The Hall–Kier alpha value is -3.31. The van der Waals surface area contributed by atoms with Crippen LogP contribution in [-0.2, 0) is 0 Å². The molecule has 2 aromatic carbocycles. The van der Waals surface area contributed by atoms with Crippen molar-refractivity contribution in [3.8, 4) is 11.5 Å². The van der Waals surface area contributed by atoms with E-state index < -0.39 is 5.97 Å². The zero-order valence-corrected chi connectivity index (χ0v) is 14.0. The fourth-order valence-corrected chi connectivity index (χ4v) is 2.73. The second-order valence-electron chi connectivity index (χ2n) is 5.52. The summed E-state index contributed by atoms with van der Waals surface area (Å²) in [5.41, 5.74) is 1.15. The molecular weight excluding hydrogens is 356 g/mol.